The molecule has 0 bridgehead atoms. The number of carboxylic acid groups (broad SMARTS) is 1. The van der Waals surface area contributed by atoms with Crippen molar-refractivity contribution in [3.8, 4) is 28.4 Å². The Morgan fingerprint density at radius 3 is 2.42 bits per heavy atom. The van der Waals surface area contributed by atoms with Gasteiger partial charge >= 0.3 is 5.97 Å². The lowest BCUT2D eigenvalue weighted by Gasteiger charge is -2.12. The summed E-state index contributed by atoms with van der Waals surface area (Å²) < 4.78 is 12.6. The summed E-state index contributed by atoms with van der Waals surface area (Å²) in [5, 5.41) is 12.8. The Balaban J connectivity index is 1.44. The molecule has 0 aliphatic carbocycles. The molecule has 0 radical (unpaired) electrons. The number of aromatic nitrogens is 1. The van der Waals surface area contributed by atoms with Crippen LogP contribution in [0.1, 0.15) is 21.6 Å². The summed E-state index contributed by atoms with van der Waals surface area (Å²) in [6.45, 7) is 1.57. The number of methoxy groups -OCH3 is 1. The normalized spacial score (nSPS) is 10.8. The fourth-order valence-electron chi connectivity index (χ4n) is 3.73. The molecule has 8 heteroatoms. The third-order valence-electron chi connectivity index (χ3n) is 5.45. The van der Waals surface area contributed by atoms with Crippen LogP contribution in [0.15, 0.2) is 90.0 Å². The molecule has 182 valence electrons. The second kappa shape index (κ2) is 11.1. The predicted octanol–water partition coefficient (Wildman–Crippen LogP) is 4.69. The van der Waals surface area contributed by atoms with Crippen LogP contribution in [0.3, 0.4) is 0 Å². The molecule has 0 saturated heterocycles. The van der Waals surface area contributed by atoms with E-state index >= 15 is 0 Å². The third-order valence-corrected chi connectivity index (χ3v) is 5.45. The first-order valence-corrected chi connectivity index (χ1v) is 11.2. The van der Waals surface area contributed by atoms with Gasteiger partial charge in [-0.25, -0.2) is 10.2 Å². The molecule has 0 fully saturated rings. The summed E-state index contributed by atoms with van der Waals surface area (Å²) in [5.74, 6) is -0.774. The minimum Gasteiger partial charge on any atom is -0.493 e. The first kappa shape index (κ1) is 24.3. The molecule has 8 nitrogen and oxygen atoms in total. The standard InChI is InChI=1S/C28H25N3O5/c1-19-8-14-24(21-6-4-3-5-7-21)31(19)23-12-10-22(11-13-23)28(34)30-29-17-20-9-15-25(26(16-20)35-2)36-18-27(32)33/h3-17H,18H2,1-2H3,(H,30,34)(H,32,33)/b29-17+. The molecular weight excluding hydrogens is 458 g/mol. The van der Waals surface area contributed by atoms with Crippen LogP contribution in [0.2, 0.25) is 0 Å². The average molecular weight is 484 g/mol. The molecule has 0 atom stereocenters. The van der Waals surface area contributed by atoms with Crippen molar-refractivity contribution in [1.82, 2.24) is 9.99 Å². The summed E-state index contributed by atoms with van der Waals surface area (Å²) in [6.07, 6.45) is 1.46. The van der Waals surface area contributed by atoms with Gasteiger partial charge in [0.1, 0.15) is 0 Å². The lowest BCUT2D eigenvalue weighted by Crippen LogP contribution is -2.17. The summed E-state index contributed by atoms with van der Waals surface area (Å²) in [6, 6.07) is 26.5. The van der Waals surface area contributed by atoms with E-state index in [-0.39, 0.29) is 5.91 Å². The quantitative estimate of drug-likeness (QED) is 0.266. The molecule has 2 N–H and O–H groups in total. The van der Waals surface area contributed by atoms with Gasteiger partial charge in [0.2, 0.25) is 0 Å². The fourth-order valence-corrected chi connectivity index (χ4v) is 3.73. The van der Waals surface area contributed by atoms with Crippen LogP contribution in [-0.4, -0.2) is 41.5 Å². The number of aryl methyl sites for hydroxylation is 1. The number of nitrogens with one attached hydrogen (secondary N) is 1. The zero-order valence-corrected chi connectivity index (χ0v) is 19.8. The fraction of sp³-hybridized carbons (Fsp3) is 0.107. The molecule has 1 amide bonds. The van der Waals surface area contributed by atoms with Gasteiger partial charge in [-0.05, 0) is 72.6 Å². The van der Waals surface area contributed by atoms with Gasteiger partial charge in [-0.15, -0.1) is 0 Å². The van der Waals surface area contributed by atoms with Gasteiger partial charge in [0, 0.05) is 16.9 Å². The molecule has 0 aliphatic rings. The van der Waals surface area contributed by atoms with Crippen LogP contribution in [0.4, 0.5) is 0 Å². The van der Waals surface area contributed by atoms with Crippen LogP contribution in [0.5, 0.6) is 11.5 Å². The first-order valence-electron chi connectivity index (χ1n) is 11.2. The van der Waals surface area contributed by atoms with Crippen molar-refractivity contribution in [3.05, 3.63) is 102 Å². The second-order valence-corrected chi connectivity index (χ2v) is 7.90. The van der Waals surface area contributed by atoms with Crippen LogP contribution < -0.4 is 14.9 Å². The Bertz CT molecular complexity index is 1390. The van der Waals surface area contributed by atoms with E-state index < -0.39 is 12.6 Å². The van der Waals surface area contributed by atoms with Crippen LogP contribution in [-0.2, 0) is 4.79 Å². The van der Waals surface area contributed by atoms with Gasteiger partial charge < -0.3 is 19.1 Å². The van der Waals surface area contributed by atoms with Crippen molar-refractivity contribution in [2.75, 3.05) is 13.7 Å². The zero-order valence-electron chi connectivity index (χ0n) is 19.8. The second-order valence-electron chi connectivity index (χ2n) is 7.90. The first-order chi connectivity index (χ1) is 17.5. The number of carbonyl (C=O) groups excluding carboxylic acids is 1. The number of nitrogens with zero attached hydrogens (tertiary/aromatic N) is 2. The third kappa shape index (κ3) is 5.61. The minimum atomic E-state index is -1.08. The molecule has 36 heavy (non-hydrogen) atoms. The Kier molecular flexibility index (Phi) is 7.45. The smallest absolute Gasteiger partial charge is 0.341 e. The van der Waals surface area contributed by atoms with Gasteiger partial charge in [0.15, 0.2) is 18.1 Å². The number of ether oxygens (including phenoxy) is 2. The van der Waals surface area contributed by atoms with Crippen molar-refractivity contribution in [3.63, 3.8) is 0 Å². The monoisotopic (exact) mass is 483 g/mol. The maximum atomic E-state index is 12.6. The molecule has 0 unspecified atom stereocenters. The van der Waals surface area contributed by atoms with E-state index in [4.69, 9.17) is 14.6 Å². The highest BCUT2D eigenvalue weighted by molar-refractivity contribution is 5.95. The average Bonchev–Trinajstić information content (AvgIpc) is 3.29. The SMILES string of the molecule is COc1cc(/C=N/NC(=O)c2ccc(-n3c(C)ccc3-c3ccccc3)cc2)ccc1OCC(=O)O. The number of carboxylic acids is 1. The molecule has 1 heterocycles. The van der Waals surface area contributed by atoms with Gasteiger partial charge in [0.05, 0.1) is 19.0 Å². The van der Waals surface area contributed by atoms with Crippen molar-refractivity contribution in [2.24, 2.45) is 5.10 Å². The number of hydrogen-bond donors (Lipinski definition) is 2. The number of aliphatic carboxylic acids is 1. The van der Waals surface area contributed by atoms with E-state index in [1.807, 2.05) is 37.3 Å². The lowest BCUT2D eigenvalue weighted by atomic mass is 10.1. The van der Waals surface area contributed by atoms with E-state index in [9.17, 15) is 9.59 Å². The largest absolute Gasteiger partial charge is 0.493 e. The Morgan fingerprint density at radius 2 is 1.72 bits per heavy atom. The number of carbonyl (C=O) groups is 2. The summed E-state index contributed by atoms with van der Waals surface area (Å²) in [4.78, 5) is 23.3. The van der Waals surface area contributed by atoms with Gasteiger partial charge in [-0.3, -0.25) is 4.79 Å². The highest BCUT2D eigenvalue weighted by Crippen LogP contribution is 2.28. The highest BCUT2D eigenvalue weighted by atomic mass is 16.5. The molecule has 4 rings (SSSR count). The van der Waals surface area contributed by atoms with E-state index in [0.29, 0.717) is 22.6 Å². The van der Waals surface area contributed by atoms with Crippen molar-refractivity contribution in [2.45, 2.75) is 6.92 Å². The number of rotatable bonds is 9. The topological polar surface area (TPSA) is 102 Å². The summed E-state index contributed by atoms with van der Waals surface area (Å²) >= 11 is 0. The van der Waals surface area contributed by atoms with Crippen LogP contribution >= 0.6 is 0 Å². The molecular formula is C28H25N3O5. The van der Waals surface area contributed by atoms with E-state index in [1.165, 1.54) is 13.3 Å². The molecule has 3 aromatic carbocycles. The lowest BCUT2D eigenvalue weighted by molar-refractivity contribution is -0.139. The molecule has 1 aromatic heterocycles. The highest BCUT2D eigenvalue weighted by Gasteiger charge is 2.11. The van der Waals surface area contributed by atoms with E-state index in [0.717, 1.165) is 22.6 Å². The molecule has 0 aliphatic heterocycles. The van der Waals surface area contributed by atoms with Crippen molar-refractivity contribution >= 4 is 18.1 Å². The Morgan fingerprint density at radius 1 is 0.972 bits per heavy atom. The zero-order chi connectivity index (χ0) is 25.5. The maximum absolute atomic E-state index is 12.6. The molecule has 0 saturated carbocycles. The molecule has 0 spiro atoms. The van der Waals surface area contributed by atoms with Crippen molar-refractivity contribution in [1.29, 1.82) is 0 Å². The van der Waals surface area contributed by atoms with Crippen molar-refractivity contribution < 1.29 is 24.2 Å². The number of benzene rings is 3. The summed E-state index contributed by atoms with van der Waals surface area (Å²) in [5.41, 5.74) is 7.85. The van der Waals surface area contributed by atoms with Crippen LogP contribution in [0.25, 0.3) is 16.9 Å². The van der Waals surface area contributed by atoms with Gasteiger partial charge in [-0.1, -0.05) is 30.3 Å². The predicted molar refractivity (Wildman–Crippen MR) is 137 cm³/mol. The Labute approximate surface area is 208 Å². The maximum Gasteiger partial charge on any atom is 0.341 e. The number of amides is 1. The number of hydrazone groups is 1. The van der Waals surface area contributed by atoms with E-state index in [1.54, 1.807) is 30.3 Å². The summed E-state index contributed by atoms with van der Waals surface area (Å²) in [7, 11) is 1.45. The number of hydrogen-bond acceptors (Lipinski definition) is 5. The van der Waals surface area contributed by atoms with Crippen LogP contribution in [0, 0.1) is 6.92 Å². The molecule has 4 aromatic rings. The Hall–Kier alpha value is -4.85. The van der Waals surface area contributed by atoms with Gasteiger partial charge in [-0.2, -0.15) is 5.10 Å². The van der Waals surface area contributed by atoms with E-state index in [2.05, 4.69) is 39.4 Å². The minimum absolute atomic E-state index is 0.300. The van der Waals surface area contributed by atoms with Gasteiger partial charge in [0.25, 0.3) is 5.91 Å².